The first kappa shape index (κ1) is 26.5. The summed E-state index contributed by atoms with van der Waals surface area (Å²) in [4.78, 5) is 23.2. The number of amides is 1. The van der Waals surface area contributed by atoms with E-state index in [0.29, 0.717) is 12.1 Å². The monoisotopic (exact) mass is 529 g/mol. The van der Waals surface area contributed by atoms with Crippen LogP contribution in [0.2, 0.25) is 0 Å². The predicted octanol–water partition coefficient (Wildman–Crippen LogP) is 1.72. The quantitative estimate of drug-likeness (QED) is 0.507. The summed E-state index contributed by atoms with van der Waals surface area (Å²) in [5.74, 6) is -3.43. The van der Waals surface area contributed by atoms with Crippen LogP contribution in [0, 0.1) is 16.7 Å². The molecule has 1 saturated heterocycles. The fourth-order valence-corrected chi connectivity index (χ4v) is 6.03. The van der Waals surface area contributed by atoms with Gasteiger partial charge in [0.15, 0.2) is 21.9 Å². The number of halogens is 6. The number of likely N-dealkylation sites (tertiary alicyclic amines) is 1. The number of ether oxygens (including phenoxy) is 1. The smallest absolute Gasteiger partial charge is 0.422 e. The van der Waals surface area contributed by atoms with E-state index in [4.69, 9.17) is 5.73 Å². The van der Waals surface area contributed by atoms with Crippen molar-refractivity contribution in [2.24, 2.45) is 11.1 Å². The highest BCUT2D eigenvalue weighted by atomic mass is 32.2. The number of nitrogens with zero attached hydrogens (tertiary/aromatic N) is 2. The van der Waals surface area contributed by atoms with E-state index in [9.17, 15) is 54.7 Å². The van der Waals surface area contributed by atoms with Crippen molar-refractivity contribution in [3.63, 3.8) is 0 Å². The van der Waals surface area contributed by atoms with Gasteiger partial charge in [-0.15, -0.1) is 0 Å². The lowest BCUT2D eigenvalue weighted by Gasteiger charge is -2.22. The van der Waals surface area contributed by atoms with Gasteiger partial charge >= 0.3 is 18.3 Å². The van der Waals surface area contributed by atoms with Crippen molar-refractivity contribution in [1.29, 1.82) is 5.26 Å². The van der Waals surface area contributed by atoms with Crippen LogP contribution >= 0.6 is 0 Å². The third kappa shape index (κ3) is 5.01. The molecule has 0 aromatic heterocycles. The van der Waals surface area contributed by atoms with E-state index in [1.807, 2.05) is 0 Å². The lowest BCUT2D eigenvalue weighted by molar-refractivity contribution is -0.153. The number of hydrogen-bond acceptors (Lipinski definition) is 7. The maximum atomic E-state index is 13.6. The zero-order chi connectivity index (χ0) is 26.6. The third-order valence-electron chi connectivity index (χ3n) is 5.95. The Balaban J connectivity index is 1.96. The number of carboxylic acid groups (broad SMARTS) is 1. The Hall–Kier alpha value is -3.06. The van der Waals surface area contributed by atoms with E-state index in [2.05, 4.69) is 4.74 Å². The maximum Gasteiger partial charge on any atom is 0.422 e. The number of nitrogens with two attached hydrogens (primary N) is 1. The van der Waals surface area contributed by atoms with Crippen LogP contribution in [0.25, 0.3) is 0 Å². The minimum absolute atomic E-state index is 0.120. The Morgan fingerprint density at radius 3 is 2.34 bits per heavy atom. The second-order valence-electron chi connectivity index (χ2n) is 8.18. The number of rotatable bonds is 7. The largest absolute Gasteiger partial charge is 0.484 e. The molecular formula is C19H17F6N3O6S. The maximum absolute atomic E-state index is 13.6. The third-order valence-corrected chi connectivity index (χ3v) is 8.14. The number of carboxylic acids is 1. The second-order valence-corrected chi connectivity index (χ2v) is 10.4. The number of sulfone groups is 1. The SMILES string of the molecule is N#CC1(C(N)=O)CC1N1C[C@H](S(=O)(=O)c2ccc(OCC(F)(F)F)cc2C(F)(F)F)C[C@H]1C(=O)O. The van der Waals surface area contributed by atoms with Crippen LogP contribution in [0.4, 0.5) is 26.3 Å². The number of carbonyl (C=O) groups excluding carboxylic acids is 1. The van der Waals surface area contributed by atoms with E-state index in [0.717, 1.165) is 4.90 Å². The summed E-state index contributed by atoms with van der Waals surface area (Å²) in [5, 5.41) is 17.1. The molecule has 2 aliphatic rings. The van der Waals surface area contributed by atoms with Gasteiger partial charge in [-0.3, -0.25) is 14.5 Å². The molecule has 1 saturated carbocycles. The Bertz CT molecular complexity index is 1190. The summed E-state index contributed by atoms with van der Waals surface area (Å²) < 4.78 is 109. The molecule has 1 aliphatic heterocycles. The Kier molecular flexibility index (Phi) is 6.49. The molecule has 35 heavy (non-hydrogen) atoms. The van der Waals surface area contributed by atoms with Crippen molar-refractivity contribution in [2.45, 2.75) is 47.4 Å². The number of aliphatic carboxylic acids is 1. The first-order valence-electron chi connectivity index (χ1n) is 9.78. The van der Waals surface area contributed by atoms with Gasteiger partial charge in [0.05, 0.1) is 21.8 Å². The van der Waals surface area contributed by atoms with Crippen molar-refractivity contribution >= 4 is 21.7 Å². The second kappa shape index (κ2) is 8.55. The fourth-order valence-electron chi connectivity index (χ4n) is 4.13. The average molecular weight is 529 g/mol. The molecule has 1 aromatic rings. The summed E-state index contributed by atoms with van der Waals surface area (Å²) in [6, 6.07) is 0.310. The molecule has 1 aliphatic carbocycles. The molecule has 1 heterocycles. The fraction of sp³-hybridized carbons (Fsp3) is 0.526. The van der Waals surface area contributed by atoms with Gasteiger partial charge in [-0.1, -0.05) is 0 Å². The number of nitriles is 1. The normalized spacial score (nSPS) is 27.3. The van der Waals surface area contributed by atoms with Gasteiger partial charge in [-0.25, -0.2) is 8.42 Å². The van der Waals surface area contributed by atoms with Gasteiger partial charge in [0.2, 0.25) is 5.91 Å². The van der Waals surface area contributed by atoms with Crippen LogP contribution in [0.5, 0.6) is 5.75 Å². The van der Waals surface area contributed by atoms with Crippen molar-refractivity contribution in [2.75, 3.05) is 13.2 Å². The molecule has 3 rings (SSSR count). The highest BCUT2D eigenvalue weighted by molar-refractivity contribution is 7.92. The first-order valence-corrected chi connectivity index (χ1v) is 11.3. The molecular weight excluding hydrogens is 512 g/mol. The van der Waals surface area contributed by atoms with Gasteiger partial charge in [0.25, 0.3) is 0 Å². The highest BCUT2D eigenvalue weighted by Gasteiger charge is 2.66. The van der Waals surface area contributed by atoms with Gasteiger partial charge in [0, 0.05) is 12.6 Å². The van der Waals surface area contributed by atoms with Crippen molar-refractivity contribution in [3.05, 3.63) is 23.8 Å². The summed E-state index contributed by atoms with van der Waals surface area (Å²) in [5.41, 5.74) is 1.68. The lowest BCUT2D eigenvalue weighted by Crippen LogP contribution is -2.42. The molecule has 2 unspecified atom stereocenters. The van der Waals surface area contributed by atoms with Crippen LogP contribution in [-0.2, 0) is 25.6 Å². The molecule has 1 aromatic carbocycles. The number of hydrogen-bond donors (Lipinski definition) is 2. The number of carbonyl (C=O) groups is 2. The Morgan fingerprint density at radius 1 is 1.26 bits per heavy atom. The number of benzene rings is 1. The number of alkyl halides is 6. The van der Waals surface area contributed by atoms with Crippen LogP contribution in [-0.4, -0.2) is 67.0 Å². The van der Waals surface area contributed by atoms with Gasteiger partial charge in [-0.2, -0.15) is 31.6 Å². The molecule has 4 atom stereocenters. The molecule has 2 fully saturated rings. The molecule has 192 valence electrons. The summed E-state index contributed by atoms with van der Waals surface area (Å²) in [6.07, 6.45) is -11.0. The zero-order valence-electron chi connectivity index (χ0n) is 17.4. The lowest BCUT2D eigenvalue weighted by atomic mass is 10.1. The van der Waals surface area contributed by atoms with E-state index < -0.39 is 92.6 Å². The first-order chi connectivity index (χ1) is 15.9. The molecule has 0 radical (unpaired) electrons. The summed E-state index contributed by atoms with van der Waals surface area (Å²) in [7, 11) is -4.88. The predicted molar refractivity (Wildman–Crippen MR) is 102 cm³/mol. The van der Waals surface area contributed by atoms with Crippen molar-refractivity contribution < 1.29 is 54.2 Å². The Labute approximate surface area is 194 Å². The van der Waals surface area contributed by atoms with E-state index >= 15 is 0 Å². The van der Waals surface area contributed by atoms with Gasteiger partial charge in [0.1, 0.15) is 11.8 Å². The summed E-state index contributed by atoms with van der Waals surface area (Å²) in [6.45, 7) is -2.51. The molecule has 9 nitrogen and oxygen atoms in total. The number of primary amides is 1. The molecule has 3 N–H and O–H groups in total. The van der Waals surface area contributed by atoms with Crippen LogP contribution in [0.3, 0.4) is 0 Å². The van der Waals surface area contributed by atoms with Crippen LogP contribution in [0.15, 0.2) is 23.1 Å². The minimum atomic E-state index is -5.30. The minimum Gasteiger partial charge on any atom is -0.484 e. The summed E-state index contributed by atoms with van der Waals surface area (Å²) >= 11 is 0. The van der Waals surface area contributed by atoms with Gasteiger partial charge < -0.3 is 15.6 Å². The molecule has 0 spiro atoms. The van der Waals surface area contributed by atoms with E-state index in [-0.39, 0.29) is 12.5 Å². The molecule has 0 bridgehead atoms. The van der Waals surface area contributed by atoms with Crippen molar-refractivity contribution in [3.8, 4) is 11.8 Å². The topological polar surface area (TPSA) is 151 Å². The van der Waals surface area contributed by atoms with E-state index in [1.165, 1.54) is 0 Å². The van der Waals surface area contributed by atoms with Gasteiger partial charge in [-0.05, 0) is 31.0 Å². The highest BCUT2D eigenvalue weighted by Crippen LogP contribution is 2.52. The van der Waals surface area contributed by atoms with Crippen LogP contribution in [0.1, 0.15) is 18.4 Å². The van der Waals surface area contributed by atoms with Crippen LogP contribution < -0.4 is 10.5 Å². The van der Waals surface area contributed by atoms with Crippen molar-refractivity contribution in [1.82, 2.24) is 4.90 Å². The van der Waals surface area contributed by atoms with E-state index in [1.54, 1.807) is 6.07 Å². The molecule has 1 amide bonds. The Morgan fingerprint density at radius 2 is 1.89 bits per heavy atom. The standard InChI is InChI=1S/C19H17F6N3O6S/c20-18(21,22)8-34-9-1-2-13(11(3-9)19(23,24)25)35(32,33)10-4-12(15(29)30)28(6-10)14-5-17(14,7-26)16(27)31/h1-3,10,12,14H,4-6,8H2,(H2,27,31)(H,29,30)/t10-,12+,14?,17?/m1/s1. The average Bonchev–Trinajstić information content (AvgIpc) is 3.31. The molecule has 16 heteroatoms. The zero-order valence-corrected chi connectivity index (χ0v) is 18.2.